The van der Waals surface area contributed by atoms with E-state index in [0.29, 0.717) is 16.2 Å². The fourth-order valence-electron chi connectivity index (χ4n) is 1.79. The molecule has 2 rings (SSSR count). The Morgan fingerprint density at radius 1 is 1.19 bits per heavy atom. The van der Waals surface area contributed by atoms with Gasteiger partial charge < -0.3 is 14.8 Å². The van der Waals surface area contributed by atoms with E-state index < -0.39 is 12.0 Å². The van der Waals surface area contributed by atoms with E-state index in [1.807, 2.05) is 6.07 Å². The Labute approximate surface area is 126 Å². The highest BCUT2D eigenvalue weighted by Gasteiger charge is 2.24. The minimum absolute atomic E-state index is 0.345. The molecule has 0 saturated carbocycles. The fourth-order valence-corrected chi connectivity index (χ4v) is 2.55. The molecule has 1 aromatic carbocycles. The van der Waals surface area contributed by atoms with Gasteiger partial charge in [-0.1, -0.05) is 30.3 Å². The Hall–Kier alpha value is -2.34. The number of thiophene rings is 1. The first-order valence-corrected chi connectivity index (χ1v) is 7.10. The number of amides is 1. The number of hydrogen-bond donors (Lipinski definition) is 1. The maximum atomic E-state index is 12.2. The molecular formula is C15H15NO4S. The van der Waals surface area contributed by atoms with E-state index in [9.17, 15) is 9.59 Å². The lowest BCUT2D eigenvalue weighted by molar-refractivity contribution is -0.143. The topological polar surface area (TPSA) is 64.6 Å². The average Bonchev–Trinajstić information content (AvgIpc) is 3.01. The van der Waals surface area contributed by atoms with Crippen LogP contribution in [0, 0.1) is 0 Å². The zero-order valence-corrected chi connectivity index (χ0v) is 12.5. The van der Waals surface area contributed by atoms with Gasteiger partial charge in [-0.25, -0.2) is 4.79 Å². The maximum Gasteiger partial charge on any atom is 0.333 e. The molecule has 1 N–H and O–H groups in total. The molecule has 0 aliphatic carbocycles. The third-order valence-corrected chi connectivity index (χ3v) is 3.79. The van der Waals surface area contributed by atoms with Crippen molar-refractivity contribution in [3.05, 3.63) is 52.2 Å². The van der Waals surface area contributed by atoms with Gasteiger partial charge in [0.2, 0.25) is 0 Å². The number of carbonyl (C=O) groups excluding carboxylic acids is 2. The van der Waals surface area contributed by atoms with Crippen LogP contribution >= 0.6 is 11.3 Å². The summed E-state index contributed by atoms with van der Waals surface area (Å²) in [6, 6.07) is 9.74. The first-order valence-electron chi connectivity index (χ1n) is 6.22. The minimum Gasteiger partial charge on any atom is -0.496 e. The summed E-state index contributed by atoms with van der Waals surface area (Å²) in [6.45, 7) is 0. The summed E-state index contributed by atoms with van der Waals surface area (Å²) in [4.78, 5) is 24.6. The van der Waals surface area contributed by atoms with E-state index >= 15 is 0 Å². The molecule has 21 heavy (non-hydrogen) atoms. The Balaban J connectivity index is 2.19. The van der Waals surface area contributed by atoms with E-state index in [2.05, 4.69) is 5.32 Å². The summed E-state index contributed by atoms with van der Waals surface area (Å²) in [5.41, 5.74) is 0.668. The first kappa shape index (κ1) is 15.1. The summed E-state index contributed by atoms with van der Waals surface area (Å²) < 4.78 is 9.80. The maximum absolute atomic E-state index is 12.2. The molecule has 1 aromatic heterocycles. The van der Waals surface area contributed by atoms with Gasteiger partial charge in [0.15, 0.2) is 6.04 Å². The molecular weight excluding hydrogens is 290 g/mol. The number of esters is 1. The van der Waals surface area contributed by atoms with E-state index in [1.165, 1.54) is 25.6 Å². The van der Waals surface area contributed by atoms with Crippen LogP contribution in [0.4, 0.5) is 0 Å². The van der Waals surface area contributed by atoms with Crippen LogP contribution in [0.3, 0.4) is 0 Å². The Morgan fingerprint density at radius 3 is 2.48 bits per heavy atom. The van der Waals surface area contributed by atoms with Gasteiger partial charge in [-0.15, -0.1) is 11.3 Å². The van der Waals surface area contributed by atoms with Crippen LogP contribution < -0.4 is 10.1 Å². The predicted molar refractivity (Wildman–Crippen MR) is 79.5 cm³/mol. The molecule has 0 saturated heterocycles. The molecule has 1 unspecified atom stereocenters. The van der Waals surface area contributed by atoms with Crippen LogP contribution in [-0.4, -0.2) is 26.1 Å². The molecule has 110 valence electrons. The number of nitrogens with one attached hydrogen (secondary N) is 1. The van der Waals surface area contributed by atoms with Crippen molar-refractivity contribution in [2.45, 2.75) is 6.04 Å². The largest absolute Gasteiger partial charge is 0.496 e. The quantitative estimate of drug-likeness (QED) is 0.862. The summed E-state index contributed by atoms with van der Waals surface area (Å²) in [7, 11) is 2.82. The third kappa shape index (κ3) is 3.61. The first-order chi connectivity index (χ1) is 10.2. The summed E-state index contributed by atoms with van der Waals surface area (Å²) in [5, 5.41) is 4.41. The van der Waals surface area contributed by atoms with Crippen LogP contribution in [0.25, 0.3) is 0 Å². The summed E-state index contributed by atoms with van der Waals surface area (Å²) in [5.74, 6) is -0.250. The smallest absolute Gasteiger partial charge is 0.333 e. The Bertz CT molecular complexity index is 624. The van der Waals surface area contributed by atoms with Crippen molar-refractivity contribution in [1.82, 2.24) is 5.32 Å². The van der Waals surface area contributed by atoms with Gasteiger partial charge in [0, 0.05) is 11.4 Å². The molecule has 1 atom stereocenters. The van der Waals surface area contributed by atoms with E-state index in [-0.39, 0.29) is 5.91 Å². The summed E-state index contributed by atoms with van der Waals surface area (Å²) >= 11 is 1.25. The highest BCUT2D eigenvalue weighted by molar-refractivity contribution is 7.12. The SMILES string of the molecule is COC(=O)C(NC(=O)c1cc(OC)cs1)c1ccccc1. The highest BCUT2D eigenvalue weighted by atomic mass is 32.1. The van der Waals surface area contributed by atoms with Crippen molar-refractivity contribution < 1.29 is 19.1 Å². The molecule has 1 heterocycles. The molecule has 0 aliphatic rings. The van der Waals surface area contributed by atoms with Gasteiger partial charge in [0.1, 0.15) is 5.75 Å². The molecule has 0 fully saturated rings. The zero-order chi connectivity index (χ0) is 15.2. The number of benzene rings is 1. The van der Waals surface area contributed by atoms with E-state index in [0.717, 1.165) is 0 Å². The van der Waals surface area contributed by atoms with Crippen LogP contribution in [0.1, 0.15) is 21.3 Å². The zero-order valence-electron chi connectivity index (χ0n) is 11.7. The minimum atomic E-state index is -0.836. The van der Waals surface area contributed by atoms with Crippen LogP contribution in [0.15, 0.2) is 41.8 Å². The van der Waals surface area contributed by atoms with Crippen molar-refractivity contribution in [3.63, 3.8) is 0 Å². The van der Waals surface area contributed by atoms with Gasteiger partial charge in [-0.3, -0.25) is 4.79 Å². The van der Waals surface area contributed by atoms with E-state index in [4.69, 9.17) is 9.47 Å². The van der Waals surface area contributed by atoms with Crippen LogP contribution in [0.2, 0.25) is 0 Å². The number of methoxy groups -OCH3 is 2. The van der Waals surface area contributed by atoms with Gasteiger partial charge in [-0.05, 0) is 5.56 Å². The molecule has 0 spiro atoms. The van der Waals surface area contributed by atoms with Crippen molar-refractivity contribution in [2.75, 3.05) is 14.2 Å². The lowest BCUT2D eigenvalue weighted by Gasteiger charge is -2.16. The molecule has 1 amide bonds. The van der Waals surface area contributed by atoms with Gasteiger partial charge in [0.25, 0.3) is 5.91 Å². The Kier molecular flexibility index (Phi) is 4.94. The van der Waals surface area contributed by atoms with Crippen molar-refractivity contribution in [1.29, 1.82) is 0 Å². The summed E-state index contributed by atoms with van der Waals surface area (Å²) in [6.07, 6.45) is 0. The number of hydrogen-bond acceptors (Lipinski definition) is 5. The molecule has 0 aliphatic heterocycles. The monoisotopic (exact) mass is 305 g/mol. The van der Waals surface area contributed by atoms with Gasteiger partial charge in [0.05, 0.1) is 19.1 Å². The molecule has 0 bridgehead atoms. The van der Waals surface area contributed by atoms with Crippen molar-refractivity contribution >= 4 is 23.2 Å². The molecule has 2 aromatic rings. The predicted octanol–water partition coefficient (Wildman–Crippen LogP) is 2.40. The lowest BCUT2D eigenvalue weighted by Crippen LogP contribution is -2.34. The number of ether oxygens (including phenoxy) is 2. The number of rotatable bonds is 5. The second kappa shape index (κ2) is 6.90. The molecule has 6 heteroatoms. The van der Waals surface area contributed by atoms with Crippen LogP contribution in [0.5, 0.6) is 5.75 Å². The second-order valence-electron chi connectivity index (χ2n) is 4.19. The average molecular weight is 305 g/mol. The van der Waals surface area contributed by atoms with Crippen molar-refractivity contribution in [2.24, 2.45) is 0 Å². The lowest BCUT2D eigenvalue weighted by atomic mass is 10.1. The van der Waals surface area contributed by atoms with Gasteiger partial charge >= 0.3 is 5.97 Å². The number of carbonyl (C=O) groups is 2. The molecule has 0 radical (unpaired) electrons. The van der Waals surface area contributed by atoms with E-state index in [1.54, 1.807) is 35.7 Å². The third-order valence-electron chi connectivity index (χ3n) is 2.88. The second-order valence-corrected chi connectivity index (χ2v) is 5.10. The normalized spacial score (nSPS) is 11.5. The standard InChI is InChI=1S/C15H15NO4S/c1-19-11-8-12(21-9-11)14(17)16-13(15(18)20-2)10-6-4-3-5-7-10/h3-9,13H,1-2H3,(H,16,17). The molecule has 5 nitrogen and oxygen atoms in total. The van der Waals surface area contributed by atoms with Crippen LogP contribution in [-0.2, 0) is 9.53 Å². The van der Waals surface area contributed by atoms with Gasteiger partial charge in [-0.2, -0.15) is 0 Å². The highest BCUT2D eigenvalue weighted by Crippen LogP contribution is 2.22. The fraction of sp³-hybridized carbons (Fsp3) is 0.200. The van der Waals surface area contributed by atoms with Crippen molar-refractivity contribution in [3.8, 4) is 5.75 Å². The Morgan fingerprint density at radius 2 is 1.90 bits per heavy atom.